The summed E-state index contributed by atoms with van der Waals surface area (Å²) in [5, 5.41) is 15.5. The summed E-state index contributed by atoms with van der Waals surface area (Å²) in [6.07, 6.45) is 2.77. The highest BCUT2D eigenvalue weighted by Crippen LogP contribution is 2.30. The highest BCUT2D eigenvalue weighted by molar-refractivity contribution is 5.80. The maximum Gasteiger partial charge on any atom is 0.160 e. The first-order valence-electron chi connectivity index (χ1n) is 14.1. The number of ether oxygens (including phenoxy) is 2. The van der Waals surface area contributed by atoms with Gasteiger partial charge in [0.05, 0.1) is 42.7 Å². The SMILES string of the molecule is CCc1nc2cc(OC)ccc2n1-c1cc(N2CCOCC2)n2nc(CN3CCC(C(C)(C)O)CC3)cc2n1. The van der Waals surface area contributed by atoms with E-state index in [9.17, 15) is 5.11 Å². The molecule has 4 aromatic rings. The number of nitrogens with zero attached hydrogens (tertiary/aromatic N) is 7. The van der Waals surface area contributed by atoms with Gasteiger partial charge in [-0.1, -0.05) is 6.92 Å². The highest BCUT2D eigenvalue weighted by Gasteiger charge is 2.31. The number of imidazole rings is 1. The van der Waals surface area contributed by atoms with Crippen molar-refractivity contribution < 1.29 is 14.6 Å². The van der Waals surface area contributed by atoms with Crippen LogP contribution in [0.4, 0.5) is 5.82 Å². The van der Waals surface area contributed by atoms with Crippen molar-refractivity contribution in [2.24, 2.45) is 5.92 Å². The zero-order valence-electron chi connectivity index (χ0n) is 23.4. The third kappa shape index (κ3) is 5.08. The van der Waals surface area contributed by atoms with Crippen LogP contribution in [0.15, 0.2) is 30.3 Å². The first-order chi connectivity index (χ1) is 18.8. The van der Waals surface area contributed by atoms with Crippen molar-refractivity contribution >= 4 is 22.5 Å². The molecule has 10 heteroatoms. The van der Waals surface area contributed by atoms with Gasteiger partial charge in [-0.3, -0.25) is 9.47 Å². The van der Waals surface area contributed by atoms with Gasteiger partial charge in [-0.05, 0) is 57.8 Å². The van der Waals surface area contributed by atoms with E-state index < -0.39 is 5.60 Å². The molecule has 3 aromatic heterocycles. The molecule has 2 fully saturated rings. The van der Waals surface area contributed by atoms with Crippen molar-refractivity contribution in [3.63, 3.8) is 0 Å². The van der Waals surface area contributed by atoms with Crippen LogP contribution in [-0.2, 0) is 17.7 Å². The number of fused-ring (bicyclic) bond motifs is 2. The van der Waals surface area contributed by atoms with E-state index in [4.69, 9.17) is 24.5 Å². The molecule has 208 valence electrons. The van der Waals surface area contributed by atoms with Crippen LogP contribution < -0.4 is 9.64 Å². The molecule has 0 saturated carbocycles. The normalized spacial score (nSPS) is 17.9. The van der Waals surface area contributed by atoms with Crippen molar-refractivity contribution in [1.82, 2.24) is 29.0 Å². The number of benzene rings is 1. The van der Waals surface area contributed by atoms with Crippen LogP contribution in [0, 0.1) is 5.92 Å². The van der Waals surface area contributed by atoms with Crippen LogP contribution >= 0.6 is 0 Å². The minimum absolute atomic E-state index is 0.338. The lowest BCUT2D eigenvalue weighted by Crippen LogP contribution is -2.41. The molecule has 0 amide bonds. The number of aliphatic hydroxyl groups is 1. The summed E-state index contributed by atoms with van der Waals surface area (Å²) in [7, 11) is 1.68. The molecule has 0 aliphatic carbocycles. The molecular formula is C29H39N7O3. The van der Waals surface area contributed by atoms with Gasteiger partial charge < -0.3 is 19.5 Å². The Hall–Kier alpha value is -3.21. The van der Waals surface area contributed by atoms with Gasteiger partial charge in [0.1, 0.15) is 23.2 Å². The fourth-order valence-electron chi connectivity index (χ4n) is 5.96. The number of aryl methyl sites for hydroxylation is 1. The Bertz CT molecular complexity index is 1460. The van der Waals surface area contributed by atoms with Crippen molar-refractivity contribution in [2.45, 2.75) is 52.2 Å². The number of likely N-dealkylation sites (tertiary alicyclic amines) is 1. The first-order valence-corrected chi connectivity index (χ1v) is 14.1. The van der Waals surface area contributed by atoms with Crippen molar-refractivity contribution in [1.29, 1.82) is 0 Å². The second-order valence-corrected chi connectivity index (χ2v) is 11.3. The van der Waals surface area contributed by atoms with Crippen LogP contribution in [-0.4, -0.2) is 86.3 Å². The molecule has 0 spiro atoms. The number of morpholine rings is 1. The average molecular weight is 534 g/mol. The van der Waals surface area contributed by atoms with Gasteiger partial charge in [-0.2, -0.15) is 9.61 Å². The van der Waals surface area contributed by atoms with E-state index in [-0.39, 0.29) is 0 Å². The van der Waals surface area contributed by atoms with Gasteiger partial charge in [0.15, 0.2) is 5.65 Å². The van der Waals surface area contributed by atoms with E-state index in [1.165, 1.54) is 0 Å². The lowest BCUT2D eigenvalue weighted by Gasteiger charge is -2.37. The molecule has 10 nitrogen and oxygen atoms in total. The van der Waals surface area contributed by atoms with Crippen LogP contribution in [0.5, 0.6) is 5.75 Å². The zero-order chi connectivity index (χ0) is 27.1. The number of anilines is 1. The molecule has 1 aromatic carbocycles. The first kappa shape index (κ1) is 26.0. The predicted molar refractivity (Wildman–Crippen MR) is 151 cm³/mol. The average Bonchev–Trinajstić information content (AvgIpc) is 3.52. The molecule has 0 bridgehead atoms. The van der Waals surface area contributed by atoms with E-state index in [0.717, 1.165) is 97.6 Å². The minimum atomic E-state index is -0.622. The summed E-state index contributed by atoms with van der Waals surface area (Å²) in [6, 6.07) is 10.3. The molecular weight excluding hydrogens is 494 g/mol. The van der Waals surface area contributed by atoms with Gasteiger partial charge in [0.2, 0.25) is 0 Å². The molecule has 6 rings (SSSR count). The number of hydrogen-bond acceptors (Lipinski definition) is 8. The molecule has 39 heavy (non-hydrogen) atoms. The number of rotatable bonds is 7. The molecule has 0 unspecified atom stereocenters. The van der Waals surface area contributed by atoms with Crippen LogP contribution in [0.2, 0.25) is 0 Å². The Morgan fingerprint density at radius 2 is 1.82 bits per heavy atom. The van der Waals surface area contributed by atoms with Crippen molar-refractivity contribution in [3.8, 4) is 11.6 Å². The Labute approximate surface area is 229 Å². The Morgan fingerprint density at radius 3 is 2.51 bits per heavy atom. The molecule has 2 aliphatic heterocycles. The van der Waals surface area contributed by atoms with Gasteiger partial charge >= 0.3 is 0 Å². The maximum atomic E-state index is 10.4. The van der Waals surface area contributed by atoms with Crippen LogP contribution in [0.25, 0.3) is 22.5 Å². The Kier molecular flexibility index (Phi) is 6.95. The quantitative estimate of drug-likeness (QED) is 0.386. The van der Waals surface area contributed by atoms with E-state index in [2.05, 4.69) is 39.5 Å². The fourth-order valence-corrected chi connectivity index (χ4v) is 5.96. The summed E-state index contributed by atoms with van der Waals surface area (Å²) in [5.41, 5.74) is 3.11. The van der Waals surface area contributed by atoms with Crippen LogP contribution in [0.1, 0.15) is 45.1 Å². The summed E-state index contributed by atoms with van der Waals surface area (Å²) in [4.78, 5) is 14.8. The smallest absolute Gasteiger partial charge is 0.160 e. The van der Waals surface area contributed by atoms with Gasteiger partial charge in [-0.15, -0.1) is 0 Å². The number of aromatic nitrogens is 5. The second-order valence-electron chi connectivity index (χ2n) is 11.3. The van der Waals surface area contributed by atoms with Crippen molar-refractivity contribution in [3.05, 3.63) is 41.9 Å². The third-order valence-electron chi connectivity index (χ3n) is 8.23. The van der Waals surface area contributed by atoms with E-state index >= 15 is 0 Å². The van der Waals surface area contributed by atoms with Gasteiger partial charge in [-0.25, -0.2) is 9.97 Å². The monoisotopic (exact) mass is 533 g/mol. The summed E-state index contributed by atoms with van der Waals surface area (Å²) < 4.78 is 15.2. The number of methoxy groups -OCH3 is 1. The Balaban J connectivity index is 1.39. The summed E-state index contributed by atoms with van der Waals surface area (Å²) in [5.74, 6) is 3.94. The number of piperidine rings is 1. The third-order valence-corrected chi connectivity index (χ3v) is 8.23. The largest absolute Gasteiger partial charge is 0.497 e. The van der Waals surface area contributed by atoms with Gasteiger partial charge in [0, 0.05) is 44.3 Å². The van der Waals surface area contributed by atoms with Gasteiger partial charge in [0.25, 0.3) is 0 Å². The summed E-state index contributed by atoms with van der Waals surface area (Å²) >= 11 is 0. The fraction of sp³-hybridized carbons (Fsp3) is 0.552. The highest BCUT2D eigenvalue weighted by atomic mass is 16.5. The standard InChI is InChI=1S/C29H39N7O3/c1-5-25-30-23-17-22(38-4)6-7-24(23)35(25)26-18-28(34-12-14-39-15-13-34)36-27(31-26)16-21(32-36)19-33-10-8-20(9-11-33)29(2,3)37/h6-7,16-18,20,37H,5,8-15,19H2,1-4H3. The van der Waals surface area contributed by atoms with Crippen LogP contribution in [0.3, 0.4) is 0 Å². The molecule has 2 aliphatic rings. The summed E-state index contributed by atoms with van der Waals surface area (Å²) in [6.45, 7) is 11.7. The zero-order valence-corrected chi connectivity index (χ0v) is 23.4. The molecule has 1 N–H and O–H groups in total. The predicted octanol–water partition coefficient (Wildman–Crippen LogP) is 3.46. The topological polar surface area (TPSA) is 93.2 Å². The number of hydrogen-bond donors (Lipinski definition) is 1. The molecule has 0 atom stereocenters. The van der Waals surface area contributed by atoms with Crippen molar-refractivity contribution in [2.75, 3.05) is 51.4 Å². The lowest BCUT2D eigenvalue weighted by molar-refractivity contribution is -0.0137. The van der Waals surface area contributed by atoms with E-state index in [1.807, 2.05) is 30.5 Å². The maximum absolute atomic E-state index is 10.4. The molecule has 0 radical (unpaired) electrons. The van der Waals surface area contributed by atoms with E-state index in [0.29, 0.717) is 19.1 Å². The second kappa shape index (κ2) is 10.4. The molecule has 2 saturated heterocycles. The Morgan fingerprint density at radius 1 is 1.05 bits per heavy atom. The minimum Gasteiger partial charge on any atom is -0.497 e. The molecule has 5 heterocycles. The van der Waals surface area contributed by atoms with E-state index in [1.54, 1.807) is 7.11 Å². The lowest BCUT2D eigenvalue weighted by atomic mass is 9.83.